The predicted molar refractivity (Wildman–Crippen MR) is 63.6 cm³/mol. The average Bonchev–Trinajstić information content (AvgIpc) is 2.13. The third-order valence-electron chi connectivity index (χ3n) is 3.11. The number of hydrogen-bond donors (Lipinski definition) is 1. The van der Waals surface area contributed by atoms with E-state index in [0.29, 0.717) is 5.41 Å². The summed E-state index contributed by atoms with van der Waals surface area (Å²) >= 11 is 3.48. The molecule has 2 heteroatoms. The molecule has 0 aliphatic carbocycles. The van der Waals surface area contributed by atoms with Crippen LogP contribution >= 0.6 is 15.9 Å². The average molecular weight is 254 g/mol. The second-order valence-electron chi connectivity index (χ2n) is 4.14. The Balaban J connectivity index is 2.23. The molecule has 0 atom stereocenters. The van der Waals surface area contributed by atoms with E-state index >= 15 is 0 Å². The molecule has 1 heterocycles. The van der Waals surface area contributed by atoms with Crippen molar-refractivity contribution in [3.63, 3.8) is 0 Å². The molecule has 14 heavy (non-hydrogen) atoms. The van der Waals surface area contributed by atoms with Crippen LogP contribution in [-0.4, -0.2) is 13.1 Å². The van der Waals surface area contributed by atoms with Crippen LogP contribution in [0.15, 0.2) is 28.7 Å². The van der Waals surface area contributed by atoms with Crippen LogP contribution in [0.25, 0.3) is 0 Å². The van der Waals surface area contributed by atoms with Crippen molar-refractivity contribution >= 4 is 15.9 Å². The van der Waals surface area contributed by atoms with Gasteiger partial charge in [-0.05, 0) is 24.1 Å². The number of benzene rings is 1. The Morgan fingerprint density at radius 2 is 1.93 bits per heavy atom. The molecule has 76 valence electrons. The van der Waals surface area contributed by atoms with E-state index in [0.717, 1.165) is 13.1 Å². The van der Waals surface area contributed by atoms with Gasteiger partial charge in [-0.1, -0.05) is 41.4 Å². The topological polar surface area (TPSA) is 12.0 Å². The summed E-state index contributed by atoms with van der Waals surface area (Å²) in [6.07, 6.45) is 2.55. The molecule has 2 rings (SSSR count). The normalized spacial score (nSPS) is 19.0. The van der Waals surface area contributed by atoms with Crippen molar-refractivity contribution in [1.29, 1.82) is 0 Å². The Bertz CT molecular complexity index is 301. The third kappa shape index (κ3) is 1.73. The first-order chi connectivity index (χ1) is 6.77. The molecule has 1 aliphatic rings. The number of halogens is 1. The van der Waals surface area contributed by atoms with E-state index < -0.39 is 0 Å². The SMILES string of the molecule is CCCC1(c2ccc(Br)cc2)CNC1. The third-order valence-corrected chi connectivity index (χ3v) is 3.64. The van der Waals surface area contributed by atoms with Crippen molar-refractivity contribution in [3.8, 4) is 0 Å². The molecule has 1 nitrogen and oxygen atoms in total. The monoisotopic (exact) mass is 253 g/mol. The fraction of sp³-hybridized carbons (Fsp3) is 0.500. The van der Waals surface area contributed by atoms with E-state index in [1.807, 2.05) is 0 Å². The molecule has 1 fully saturated rings. The number of hydrogen-bond acceptors (Lipinski definition) is 1. The van der Waals surface area contributed by atoms with Crippen molar-refractivity contribution in [2.75, 3.05) is 13.1 Å². The van der Waals surface area contributed by atoms with Gasteiger partial charge in [0.2, 0.25) is 0 Å². The van der Waals surface area contributed by atoms with Crippen LogP contribution in [0.5, 0.6) is 0 Å². The molecular formula is C12H16BrN. The predicted octanol–water partition coefficient (Wildman–Crippen LogP) is 3.09. The molecule has 0 amide bonds. The summed E-state index contributed by atoms with van der Waals surface area (Å²) < 4.78 is 1.17. The molecule has 1 aromatic rings. The highest BCUT2D eigenvalue weighted by atomic mass is 79.9. The Labute approximate surface area is 94.0 Å². The van der Waals surface area contributed by atoms with Crippen LogP contribution in [0.4, 0.5) is 0 Å². The highest BCUT2D eigenvalue weighted by Crippen LogP contribution is 2.33. The molecule has 1 aliphatic heterocycles. The molecule has 0 aromatic heterocycles. The minimum Gasteiger partial charge on any atom is -0.315 e. The Hall–Kier alpha value is -0.340. The molecule has 0 unspecified atom stereocenters. The fourth-order valence-electron chi connectivity index (χ4n) is 2.23. The maximum atomic E-state index is 3.48. The molecule has 0 bridgehead atoms. The lowest BCUT2D eigenvalue weighted by molar-refractivity contribution is 0.255. The standard InChI is InChI=1S/C12H16BrN/c1-2-7-12(8-14-9-12)10-3-5-11(13)6-4-10/h3-6,14H,2,7-9H2,1H3. The van der Waals surface area contributed by atoms with E-state index in [-0.39, 0.29) is 0 Å². The molecule has 0 saturated carbocycles. The second-order valence-corrected chi connectivity index (χ2v) is 5.06. The lowest BCUT2D eigenvalue weighted by Crippen LogP contribution is -2.56. The molecule has 0 radical (unpaired) electrons. The smallest absolute Gasteiger partial charge is 0.0202 e. The molecule has 0 spiro atoms. The van der Waals surface area contributed by atoms with Crippen molar-refractivity contribution in [1.82, 2.24) is 5.32 Å². The summed E-state index contributed by atoms with van der Waals surface area (Å²) in [5, 5.41) is 3.39. The molecular weight excluding hydrogens is 238 g/mol. The lowest BCUT2D eigenvalue weighted by atomic mass is 9.72. The first kappa shape index (κ1) is 10.2. The van der Waals surface area contributed by atoms with Gasteiger partial charge in [0.25, 0.3) is 0 Å². The summed E-state index contributed by atoms with van der Waals surface area (Å²) in [7, 11) is 0. The summed E-state index contributed by atoms with van der Waals surface area (Å²) in [6, 6.07) is 8.79. The maximum Gasteiger partial charge on any atom is 0.0202 e. The van der Waals surface area contributed by atoms with Crippen LogP contribution in [-0.2, 0) is 5.41 Å². The molecule has 1 aromatic carbocycles. The minimum absolute atomic E-state index is 0.426. The van der Waals surface area contributed by atoms with Gasteiger partial charge in [-0.25, -0.2) is 0 Å². The minimum atomic E-state index is 0.426. The zero-order chi connectivity index (χ0) is 10.0. The van der Waals surface area contributed by atoms with Gasteiger partial charge >= 0.3 is 0 Å². The highest BCUT2D eigenvalue weighted by molar-refractivity contribution is 9.10. The maximum absolute atomic E-state index is 3.48. The van der Waals surface area contributed by atoms with Crippen molar-refractivity contribution < 1.29 is 0 Å². The van der Waals surface area contributed by atoms with Crippen LogP contribution in [0.3, 0.4) is 0 Å². The van der Waals surface area contributed by atoms with Gasteiger partial charge < -0.3 is 5.32 Å². The Morgan fingerprint density at radius 1 is 1.29 bits per heavy atom. The quantitative estimate of drug-likeness (QED) is 0.874. The Morgan fingerprint density at radius 3 is 2.36 bits per heavy atom. The first-order valence-electron chi connectivity index (χ1n) is 5.24. The molecule has 1 saturated heterocycles. The van der Waals surface area contributed by atoms with E-state index in [1.165, 1.54) is 22.9 Å². The summed E-state index contributed by atoms with van der Waals surface area (Å²) in [5.41, 5.74) is 1.91. The fourth-order valence-corrected chi connectivity index (χ4v) is 2.50. The van der Waals surface area contributed by atoms with Gasteiger partial charge in [0.15, 0.2) is 0 Å². The summed E-state index contributed by atoms with van der Waals surface area (Å²) in [6.45, 7) is 4.55. The van der Waals surface area contributed by atoms with E-state index in [1.54, 1.807) is 0 Å². The van der Waals surface area contributed by atoms with Crippen molar-refractivity contribution in [3.05, 3.63) is 34.3 Å². The van der Waals surface area contributed by atoms with Gasteiger partial charge in [-0.3, -0.25) is 0 Å². The van der Waals surface area contributed by atoms with Crippen molar-refractivity contribution in [2.24, 2.45) is 0 Å². The lowest BCUT2D eigenvalue weighted by Gasteiger charge is -2.43. The second kappa shape index (κ2) is 4.03. The highest BCUT2D eigenvalue weighted by Gasteiger charge is 2.37. The Kier molecular flexibility index (Phi) is 2.93. The number of rotatable bonds is 3. The van der Waals surface area contributed by atoms with E-state index in [4.69, 9.17) is 0 Å². The zero-order valence-electron chi connectivity index (χ0n) is 8.52. The van der Waals surface area contributed by atoms with Gasteiger partial charge in [0.05, 0.1) is 0 Å². The van der Waals surface area contributed by atoms with Crippen LogP contribution < -0.4 is 5.32 Å². The van der Waals surface area contributed by atoms with Gasteiger partial charge in [0.1, 0.15) is 0 Å². The van der Waals surface area contributed by atoms with Crippen LogP contribution in [0.2, 0.25) is 0 Å². The van der Waals surface area contributed by atoms with Crippen molar-refractivity contribution in [2.45, 2.75) is 25.2 Å². The largest absolute Gasteiger partial charge is 0.315 e. The first-order valence-corrected chi connectivity index (χ1v) is 6.03. The number of nitrogens with one attached hydrogen (secondary N) is 1. The van der Waals surface area contributed by atoms with Crippen LogP contribution in [0, 0.1) is 0 Å². The van der Waals surface area contributed by atoms with E-state index in [2.05, 4.69) is 52.4 Å². The van der Waals surface area contributed by atoms with Gasteiger partial charge in [-0.2, -0.15) is 0 Å². The summed E-state index contributed by atoms with van der Waals surface area (Å²) in [4.78, 5) is 0. The molecule has 1 N–H and O–H groups in total. The van der Waals surface area contributed by atoms with E-state index in [9.17, 15) is 0 Å². The van der Waals surface area contributed by atoms with Gasteiger partial charge in [-0.15, -0.1) is 0 Å². The summed E-state index contributed by atoms with van der Waals surface area (Å²) in [5.74, 6) is 0. The zero-order valence-corrected chi connectivity index (χ0v) is 10.1. The van der Waals surface area contributed by atoms with Crippen LogP contribution in [0.1, 0.15) is 25.3 Å². The van der Waals surface area contributed by atoms with Gasteiger partial charge in [0, 0.05) is 23.0 Å².